The van der Waals surface area contributed by atoms with E-state index < -0.39 is 52.7 Å². The van der Waals surface area contributed by atoms with Gasteiger partial charge in [0.15, 0.2) is 0 Å². The molecule has 2 heterocycles. The summed E-state index contributed by atoms with van der Waals surface area (Å²) in [4.78, 5) is 81.3. The highest BCUT2D eigenvalue weighted by atomic mass is 32.2. The molecule has 2 saturated heterocycles. The van der Waals surface area contributed by atoms with Crippen molar-refractivity contribution in [2.75, 3.05) is 27.4 Å². The Bertz CT molecular complexity index is 1440. The molecule has 2 fully saturated rings. The van der Waals surface area contributed by atoms with E-state index in [1.54, 1.807) is 48.5 Å². The van der Waals surface area contributed by atoms with E-state index in [-0.39, 0.29) is 23.0 Å². The Kier molecular flexibility index (Phi) is 11.1. The third kappa shape index (κ3) is 7.57. The Morgan fingerprint density at radius 1 is 0.667 bits per heavy atom. The largest absolute Gasteiger partial charge is 0.497 e. The monoisotopic (exact) mass is 654 g/mol. The predicted octanol–water partition coefficient (Wildman–Crippen LogP) is 4.73. The summed E-state index contributed by atoms with van der Waals surface area (Å²) in [6.07, 6.45) is 2.34. The van der Waals surface area contributed by atoms with Crippen LogP contribution in [0.4, 0.5) is 9.59 Å². The first-order valence-corrected chi connectivity index (χ1v) is 15.4. The van der Waals surface area contributed by atoms with Crippen LogP contribution in [0.25, 0.3) is 12.2 Å². The highest BCUT2D eigenvalue weighted by molar-refractivity contribution is 8.18. The van der Waals surface area contributed by atoms with Crippen molar-refractivity contribution in [3.05, 3.63) is 69.5 Å². The quantitative estimate of drug-likeness (QED) is 0.230. The van der Waals surface area contributed by atoms with E-state index in [1.807, 2.05) is 0 Å². The van der Waals surface area contributed by atoms with Gasteiger partial charge in [-0.1, -0.05) is 24.3 Å². The number of carbonyl (C=O) groups excluding carboxylic acids is 6. The SMILES string of the molecule is CCOC(=O)C(CC(C(=O)OCC)N1C(=O)S/C(=C\c2ccc(OC)cc2)C1=O)N1C(=O)S/C(=C\c2ccc(OC)cc2)C1=O. The topological polar surface area (TPSA) is 146 Å². The van der Waals surface area contributed by atoms with Gasteiger partial charge in [-0.2, -0.15) is 0 Å². The van der Waals surface area contributed by atoms with Gasteiger partial charge in [0.05, 0.1) is 37.2 Å². The Balaban J connectivity index is 1.66. The predicted molar refractivity (Wildman–Crippen MR) is 167 cm³/mol. The normalized spacial score (nSPS) is 18.0. The molecule has 0 N–H and O–H groups in total. The first kappa shape index (κ1) is 33.3. The Labute approximate surface area is 267 Å². The fourth-order valence-corrected chi connectivity index (χ4v) is 6.26. The molecular weight excluding hydrogens is 624 g/mol. The van der Waals surface area contributed by atoms with Gasteiger partial charge < -0.3 is 18.9 Å². The fraction of sp³-hybridized carbons (Fsp3) is 0.290. The van der Waals surface area contributed by atoms with Crippen LogP contribution in [0, 0.1) is 0 Å². The van der Waals surface area contributed by atoms with E-state index in [0.29, 0.717) is 55.9 Å². The van der Waals surface area contributed by atoms with Gasteiger partial charge in [0, 0.05) is 6.42 Å². The van der Waals surface area contributed by atoms with Gasteiger partial charge in [-0.3, -0.25) is 29.0 Å². The molecule has 2 atom stereocenters. The molecule has 2 aromatic rings. The summed E-state index contributed by atoms with van der Waals surface area (Å²) in [6, 6.07) is 10.2. The lowest BCUT2D eigenvalue weighted by molar-refractivity contribution is -0.156. The van der Waals surface area contributed by atoms with Crippen LogP contribution in [0.1, 0.15) is 31.4 Å². The molecule has 0 saturated carbocycles. The molecule has 14 heteroatoms. The number of hydrogen-bond acceptors (Lipinski definition) is 12. The number of thioether (sulfide) groups is 2. The van der Waals surface area contributed by atoms with Crippen molar-refractivity contribution in [2.24, 2.45) is 0 Å². The highest BCUT2D eigenvalue weighted by Crippen LogP contribution is 2.38. The maximum absolute atomic E-state index is 13.5. The molecule has 0 spiro atoms. The van der Waals surface area contributed by atoms with E-state index in [0.717, 1.165) is 0 Å². The maximum Gasteiger partial charge on any atom is 0.329 e. The lowest BCUT2D eigenvalue weighted by Gasteiger charge is -2.29. The molecule has 236 valence electrons. The summed E-state index contributed by atoms with van der Waals surface area (Å²) in [5.74, 6) is -2.37. The molecule has 0 radical (unpaired) electrons. The van der Waals surface area contributed by atoms with Crippen molar-refractivity contribution in [3.8, 4) is 11.5 Å². The molecular formula is C31H30N2O10S2. The van der Waals surface area contributed by atoms with Crippen LogP contribution in [0.3, 0.4) is 0 Å². The van der Waals surface area contributed by atoms with Gasteiger partial charge in [0.1, 0.15) is 23.6 Å². The number of imide groups is 2. The van der Waals surface area contributed by atoms with Crippen LogP contribution in [0.5, 0.6) is 11.5 Å². The molecule has 4 rings (SSSR count). The average Bonchev–Trinajstić information content (AvgIpc) is 3.46. The smallest absolute Gasteiger partial charge is 0.329 e. The molecule has 2 aliphatic rings. The van der Waals surface area contributed by atoms with Crippen molar-refractivity contribution in [2.45, 2.75) is 32.4 Å². The number of methoxy groups -OCH3 is 2. The van der Waals surface area contributed by atoms with Crippen LogP contribution < -0.4 is 9.47 Å². The molecule has 0 aliphatic carbocycles. The number of amides is 4. The second kappa shape index (κ2) is 14.9. The van der Waals surface area contributed by atoms with E-state index in [1.165, 1.54) is 40.2 Å². The zero-order valence-corrected chi connectivity index (χ0v) is 26.5. The fourth-order valence-electron chi connectivity index (χ4n) is 4.50. The summed E-state index contributed by atoms with van der Waals surface area (Å²) in [5, 5.41) is -1.57. The number of benzene rings is 2. The van der Waals surface area contributed by atoms with Crippen LogP contribution in [-0.4, -0.2) is 83.5 Å². The first-order chi connectivity index (χ1) is 21.6. The number of nitrogens with zero attached hydrogens (tertiary/aromatic N) is 2. The van der Waals surface area contributed by atoms with E-state index in [4.69, 9.17) is 18.9 Å². The van der Waals surface area contributed by atoms with Gasteiger partial charge in [-0.15, -0.1) is 0 Å². The minimum absolute atomic E-state index is 0.0285. The number of rotatable bonds is 12. The van der Waals surface area contributed by atoms with Crippen molar-refractivity contribution in [3.63, 3.8) is 0 Å². The van der Waals surface area contributed by atoms with Gasteiger partial charge in [0.2, 0.25) is 0 Å². The van der Waals surface area contributed by atoms with Crippen LogP contribution >= 0.6 is 23.5 Å². The summed E-state index contributed by atoms with van der Waals surface area (Å²) in [7, 11) is 3.03. The second-order valence-corrected chi connectivity index (χ2v) is 11.4. The third-order valence-electron chi connectivity index (χ3n) is 6.66. The molecule has 4 amide bonds. The minimum atomic E-state index is -1.64. The van der Waals surface area contributed by atoms with Crippen LogP contribution in [-0.2, 0) is 28.7 Å². The van der Waals surface area contributed by atoms with Crippen LogP contribution in [0.15, 0.2) is 58.3 Å². The van der Waals surface area contributed by atoms with E-state index in [2.05, 4.69) is 0 Å². The highest BCUT2D eigenvalue weighted by Gasteiger charge is 2.50. The van der Waals surface area contributed by atoms with Gasteiger partial charge >= 0.3 is 11.9 Å². The van der Waals surface area contributed by atoms with Crippen molar-refractivity contribution < 1.29 is 47.7 Å². The summed E-state index contributed by atoms with van der Waals surface area (Å²) in [6.45, 7) is 2.89. The second-order valence-electron chi connectivity index (χ2n) is 9.42. The molecule has 2 unspecified atom stereocenters. The van der Waals surface area contributed by atoms with Crippen molar-refractivity contribution in [1.82, 2.24) is 9.80 Å². The number of hydrogen-bond donors (Lipinski definition) is 0. The molecule has 0 aromatic heterocycles. The Hall–Kier alpha value is -4.56. The Morgan fingerprint density at radius 3 is 1.33 bits per heavy atom. The number of ether oxygens (including phenoxy) is 4. The molecule has 45 heavy (non-hydrogen) atoms. The maximum atomic E-state index is 13.5. The lowest BCUT2D eigenvalue weighted by Crippen LogP contribution is -2.53. The summed E-state index contributed by atoms with van der Waals surface area (Å²) in [5.41, 5.74) is 1.19. The zero-order valence-electron chi connectivity index (χ0n) is 24.8. The van der Waals surface area contributed by atoms with Crippen molar-refractivity contribution in [1.29, 1.82) is 0 Å². The standard InChI is InChI=1S/C31H30N2O10S2/c1-5-42-28(36)22(32-26(34)24(44-30(32)38)15-18-7-11-20(40-3)12-8-18)17-23(29(37)43-6-2)33-27(35)25(45-31(33)39)16-19-9-13-21(41-4)14-10-19/h7-16,22-23H,5-6,17H2,1-4H3/b24-15-,25-16-. The first-order valence-electron chi connectivity index (χ1n) is 13.8. The van der Waals surface area contributed by atoms with Crippen molar-refractivity contribution >= 4 is 69.9 Å². The van der Waals surface area contributed by atoms with E-state index >= 15 is 0 Å². The molecule has 2 aromatic carbocycles. The summed E-state index contributed by atoms with van der Waals surface area (Å²) >= 11 is 1.21. The number of carbonyl (C=O) groups is 6. The lowest BCUT2D eigenvalue weighted by atomic mass is 10.0. The van der Waals surface area contributed by atoms with E-state index in [9.17, 15) is 28.8 Å². The minimum Gasteiger partial charge on any atom is -0.497 e. The average molecular weight is 655 g/mol. The molecule has 2 aliphatic heterocycles. The van der Waals surface area contributed by atoms with Crippen LogP contribution in [0.2, 0.25) is 0 Å². The molecule has 0 bridgehead atoms. The zero-order chi connectivity index (χ0) is 32.7. The molecule has 12 nitrogen and oxygen atoms in total. The summed E-state index contributed by atoms with van der Waals surface area (Å²) < 4.78 is 20.6. The van der Waals surface area contributed by atoms with Gasteiger partial charge in [-0.05, 0) is 84.9 Å². The number of esters is 2. The Morgan fingerprint density at radius 2 is 1.02 bits per heavy atom. The van der Waals surface area contributed by atoms with Gasteiger partial charge in [0.25, 0.3) is 22.3 Å². The third-order valence-corrected chi connectivity index (χ3v) is 8.43. The van der Waals surface area contributed by atoms with Gasteiger partial charge in [-0.25, -0.2) is 9.59 Å².